The zero-order chi connectivity index (χ0) is 13.1. The molecule has 0 radical (unpaired) electrons. The largest absolute Gasteiger partial charge is 0.357 e. The molecule has 2 heteroatoms. The fourth-order valence-corrected chi connectivity index (χ4v) is 2.44. The molecule has 3 rings (SSSR count). The van der Waals surface area contributed by atoms with E-state index in [0.717, 1.165) is 13.2 Å². The number of nitrogens with zero attached hydrogens (tertiary/aromatic N) is 1. The third-order valence-electron chi connectivity index (χ3n) is 3.67. The van der Waals surface area contributed by atoms with Gasteiger partial charge in [0.25, 0.3) is 0 Å². The molecule has 2 aromatic rings. The fourth-order valence-electron chi connectivity index (χ4n) is 2.44. The van der Waals surface area contributed by atoms with Gasteiger partial charge in [0.1, 0.15) is 6.23 Å². The summed E-state index contributed by atoms with van der Waals surface area (Å²) in [6.07, 6.45) is 0.274. The number of benzene rings is 2. The molecule has 0 bridgehead atoms. The topological polar surface area (TPSA) is 15.8 Å². The Kier molecular flexibility index (Phi) is 3.62. The first-order valence-electron chi connectivity index (χ1n) is 6.81. The van der Waals surface area contributed by atoms with Gasteiger partial charge in [-0.1, -0.05) is 60.7 Å². The van der Waals surface area contributed by atoms with Gasteiger partial charge >= 0.3 is 0 Å². The molecule has 98 valence electrons. The zero-order valence-electron chi connectivity index (χ0n) is 11.2. The standard InChI is InChI=1S/C17H19NO/c1-14(16-10-6-3-7-11-16)18(17-13-19-17)12-15-8-4-2-5-9-15/h2-11,14,17H,12-13H2,1H3. The van der Waals surface area contributed by atoms with Crippen molar-refractivity contribution in [2.45, 2.75) is 25.7 Å². The van der Waals surface area contributed by atoms with Crippen LogP contribution in [0, 0.1) is 0 Å². The van der Waals surface area contributed by atoms with Crippen LogP contribution < -0.4 is 0 Å². The minimum atomic E-state index is 0.274. The minimum absolute atomic E-state index is 0.274. The third kappa shape index (κ3) is 3.03. The summed E-state index contributed by atoms with van der Waals surface area (Å²) in [5.74, 6) is 0. The molecule has 0 N–H and O–H groups in total. The molecular weight excluding hydrogens is 234 g/mol. The summed E-state index contributed by atoms with van der Waals surface area (Å²) in [5, 5.41) is 0. The van der Waals surface area contributed by atoms with E-state index in [0.29, 0.717) is 6.04 Å². The van der Waals surface area contributed by atoms with E-state index in [1.807, 2.05) is 0 Å². The van der Waals surface area contributed by atoms with Crippen LogP contribution in [0.3, 0.4) is 0 Å². The Bertz CT molecular complexity index is 507. The maximum absolute atomic E-state index is 5.51. The Labute approximate surface area is 114 Å². The molecule has 1 fully saturated rings. The van der Waals surface area contributed by atoms with Crippen molar-refractivity contribution in [3.05, 3.63) is 71.8 Å². The molecule has 0 amide bonds. The van der Waals surface area contributed by atoms with Gasteiger partial charge in [0.2, 0.25) is 0 Å². The monoisotopic (exact) mass is 253 g/mol. The first-order valence-corrected chi connectivity index (χ1v) is 6.81. The van der Waals surface area contributed by atoms with Gasteiger partial charge < -0.3 is 4.74 Å². The van der Waals surface area contributed by atoms with E-state index in [2.05, 4.69) is 72.5 Å². The number of epoxide rings is 1. The lowest BCUT2D eigenvalue weighted by Gasteiger charge is -2.27. The maximum atomic E-state index is 5.51. The summed E-state index contributed by atoms with van der Waals surface area (Å²) in [6.45, 7) is 4.03. The summed E-state index contributed by atoms with van der Waals surface area (Å²) in [7, 11) is 0. The van der Waals surface area contributed by atoms with Crippen molar-refractivity contribution < 1.29 is 4.74 Å². The SMILES string of the molecule is CC(c1ccccc1)N(Cc1ccccc1)C1CO1. The molecule has 2 aromatic carbocycles. The van der Waals surface area contributed by atoms with Crippen LogP contribution in [0.5, 0.6) is 0 Å². The second-order valence-corrected chi connectivity index (χ2v) is 5.03. The van der Waals surface area contributed by atoms with Crippen LogP contribution in [0.1, 0.15) is 24.1 Å². The molecular formula is C17H19NO. The maximum Gasteiger partial charge on any atom is 0.135 e. The van der Waals surface area contributed by atoms with Crippen LogP contribution in [0.15, 0.2) is 60.7 Å². The van der Waals surface area contributed by atoms with Crippen LogP contribution in [0.2, 0.25) is 0 Å². The normalized spacial score (nSPS) is 19.4. The Morgan fingerprint density at radius 3 is 2.21 bits per heavy atom. The Balaban J connectivity index is 1.78. The van der Waals surface area contributed by atoms with Crippen molar-refractivity contribution in [2.75, 3.05) is 6.61 Å². The smallest absolute Gasteiger partial charge is 0.135 e. The summed E-state index contributed by atoms with van der Waals surface area (Å²) in [5.41, 5.74) is 2.68. The average molecular weight is 253 g/mol. The number of hydrogen-bond acceptors (Lipinski definition) is 2. The molecule has 1 heterocycles. The Morgan fingerprint density at radius 1 is 1.05 bits per heavy atom. The molecule has 0 spiro atoms. The lowest BCUT2D eigenvalue weighted by Crippen LogP contribution is -2.29. The van der Waals surface area contributed by atoms with Gasteiger partial charge in [-0.2, -0.15) is 0 Å². The van der Waals surface area contributed by atoms with E-state index in [-0.39, 0.29) is 6.23 Å². The van der Waals surface area contributed by atoms with E-state index >= 15 is 0 Å². The summed E-state index contributed by atoms with van der Waals surface area (Å²) >= 11 is 0. The van der Waals surface area contributed by atoms with Crippen molar-refractivity contribution in [3.8, 4) is 0 Å². The highest BCUT2D eigenvalue weighted by molar-refractivity contribution is 5.20. The van der Waals surface area contributed by atoms with Crippen molar-refractivity contribution in [2.24, 2.45) is 0 Å². The molecule has 1 aliphatic heterocycles. The Morgan fingerprint density at radius 2 is 1.63 bits per heavy atom. The van der Waals surface area contributed by atoms with Gasteiger partial charge in [-0.25, -0.2) is 0 Å². The first kappa shape index (κ1) is 12.4. The highest BCUT2D eigenvalue weighted by Gasteiger charge is 2.34. The number of ether oxygens (including phenoxy) is 1. The summed E-state index contributed by atoms with van der Waals surface area (Å²) in [6, 6.07) is 21.6. The van der Waals surface area contributed by atoms with E-state index in [1.165, 1.54) is 11.1 Å². The number of rotatable bonds is 5. The lowest BCUT2D eigenvalue weighted by atomic mass is 10.1. The van der Waals surface area contributed by atoms with Gasteiger partial charge in [0.05, 0.1) is 6.61 Å². The second-order valence-electron chi connectivity index (χ2n) is 5.03. The molecule has 0 aliphatic carbocycles. The van der Waals surface area contributed by atoms with E-state index in [1.54, 1.807) is 0 Å². The molecule has 1 saturated heterocycles. The molecule has 19 heavy (non-hydrogen) atoms. The van der Waals surface area contributed by atoms with Crippen LogP contribution in [-0.2, 0) is 11.3 Å². The van der Waals surface area contributed by atoms with Gasteiger partial charge in [0, 0.05) is 12.6 Å². The lowest BCUT2D eigenvalue weighted by molar-refractivity contribution is 0.122. The minimum Gasteiger partial charge on any atom is -0.357 e. The van der Waals surface area contributed by atoms with Crippen LogP contribution in [0.4, 0.5) is 0 Å². The van der Waals surface area contributed by atoms with E-state index in [9.17, 15) is 0 Å². The van der Waals surface area contributed by atoms with Crippen molar-refractivity contribution >= 4 is 0 Å². The van der Waals surface area contributed by atoms with E-state index < -0.39 is 0 Å². The molecule has 0 saturated carbocycles. The van der Waals surface area contributed by atoms with Crippen LogP contribution >= 0.6 is 0 Å². The Hall–Kier alpha value is -1.64. The van der Waals surface area contributed by atoms with E-state index in [4.69, 9.17) is 4.74 Å². The van der Waals surface area contributed by atoms with Gasteiger partial charge in [-0.15, -0.1) is 0 Å². The predicted octanol–water partition coefficient (Wildman–Crippen LogP) is 3.61. The first-order chi connectivity index (χ1) is 9.34. The molecule has 0 aromatic heterocycles. The van der Waals surface area contributed by atoms with Crippen LogP contribution in [-0.4, -0.2) is 17.7 Å². The van der Waals surface area contributed by atoms with Crippen molar-refractivity contribution in [1.82, 2.24) is 4.90 Å². The summed E-state index contributed by atoms with van der Waals surface area (Å²) < 4.78 is 5.51. The molecule has 2 nitrogen and oxygen atoms in total. The highest BCUT2D eigenvalue weighted by Crippen LogP contribution is 2.29. The van der Waals surface area contributed by atoms with Gasteiger partial charge in [0.15, 0.2) is 0 Å². The predicted molar refractivity (Wildman–Crippen MR) is 76.6 cm³/mol. The second kappa shape index (κ2) is 5.55. The zero-order valence-corrected chi connectivity index (χ0v) is 11.2. The van der Waals surface area contributed by atoms with Gasteiger partial charge in [-0.3, -0.25) is 4.90 Å². The molecule has 1 aliphatic rings. The number of hydrogen-bond donors (Lipinski definition) is 0. The van der Waals surface area contributed by atoms with Crippen molar-refractivity contribution in [3.63, 3.8) is 0 Å². The quantitative estimate of drug-likeness (QED) is 0.757. The highest BCUT2D eigenvalue weighted by atomic mass is 16.6. The molecule has 2 unspecified atom stereocenters. The van der Waals surface area contributed by atoms with Gasteiger partial charge in [-0.05, 0) is 18.1 Å². The summed E-state index contributed by atoms with van der Waals surface area (Å²) in [4.78, 5) is 2.42. The third-order valence-corrected chi connectivity index (χ3v) is 3.67. The van der Waals surface area contributed by atoms with Crippen LogP contribution in [0.25, 0.3) is 0 Å². The fraction of sp³-hybridized carbons (Fsp3) is 0.294. The van der Waals surface area contributed by atoms with Crippen molar-refractivity contribution in [1.29, 1.82) is 0 Å². The average Bonchev–Trinajstić information content (AvgIpc) is 3.31. The molecule has 2 atom stereocenters.